The molecular formula is C12H12O5S. The van der Waals surface area contributed by atoms with Crippen molar-refractivity contribution in [1.82, 2.24) is 0 Å². The van der Waals surface area contributed by atoms with Crippen LogP contribution in [0, 0.1) is 0 Å². The van der Waals surface area contributed by atoms with E-state index >= 15 is 0 Å². The van der Waals surface area contributed by atoms with Crippen LogP contribution >= 0.6 is 0 Å². The molecule has 1 aliphatic heterocycles. The molecule has 0 unspecified atom stereocenters. The zero-order valence-electron chi connectivity index (χ0n) is 9.71. The molecule has 0 amide bonds. The van der Waals surface area contributed by atoms with Crippen molar-refractivity contribution < 1.29 is 23.1 Å². The van der Waals surface area contributed by atoms with Gasteiger partial charge >= 0.3 is 5.97 Å². The van der Waals surface area contributed by atoms with Gasteiger partial charge in [0.15, 0.2) is 0 Å². The van der Waals surface area contributed by atoms with Crippen LogP contribution in [0.5, 0.6) is 5.75 Å². The number of methoxy groups -OCH3 is 1. The first kappa shape index (κ1) is 12.6. The standard InChI is InChI=1S/C12H12O5S/c1-17-9-3-2-4-10-12(9)8(5-6-11(13)14)7-18(10,15)16/h2-4,7H,5-6H2,1H3,(H,13,14). The number of hydrogen-bond donors (Lipinski definition) is 1. The topological polar surface area (TPSA) is 80.7 Å². The summed E-state index contributed by atoms with van der Waals surface area (Å²) >= 11 is 0. The number of benzene rings is 1. The number of allylic oxidation sites excluding steroid dienone is 1. The Kier molecular flexibility index (Phi) is 3.13. The molecule has 0 fully saturated rings. The molecule has 0 atom stereocenters. The second kappa shape index (κ2) is 4.45. The summed E-state index contributed by atoms with van der Waals surface area (Å²) in [4.78, 5) is 10.8. The second-order valence-corrected chi connectivity index (χ2v) is 5.68. The molecule has 1 aliphatic rings. The first-order chi connectivity index (χ1) is 8.45. The lowest BCUT2D eigenvalue weighted by Crippen LogP contribution is -1.97. The number of hydrogen-bond acceptors (Lipinski definition) is 4. The van der Waals surface area contributed by atoms with Crippen molar-refractivity contribution in [2.24, 2.45) is 0 Å². The first-order valence-electron chi connectivity index (χ1n) is 5.30. The number of ether oxygens (including phenoxy) is 1. The normalized spacial score (nSPS) is 15.9. The number of rotatable bonds is 4. The molecule has 0 radical (unpaired) electrons. The Morgan fingerprint density at radius 2 is 2.11 bits per heavy atom. The highest BCUT2D eigenvalue weighted by molar-refractivity contribution is 7.95. The first-order valence-corrected chi connectivity index (χ1v) is 6.85. The van der Waals surface area contributed by atoms with Crippen molar-refractivity contribution in [2.45, 2.75) is 17.7 Å². The molecular weight excluding hydrogens is 256 g/mol. The minimum atomic E-state index is -3.47. The van der Waals surface area contributed by atoms with Crippen LogP contribution in [0.25, 0.3) is 5.57 Å². The third-order valence-electron chi connectivity index (χ3n) is 2.74. The molecule has 1 aromatic carbocycles. The predicted octanol–water partition coefficient (Wildman–Crippen LogP) is 1.69. The molecule has 0 aromatic heterocycles. The minimum Gasteiger partial charge on any atom is -0.496 e. The zero-order chi connectivity index (χ0) is 13.3. The van der Waals surface area contributed by atoms with Crippen LogP contribution < -0.4 is 4.74 Å². The summed E-state index contributed by atoms with van der Waals surface area (Å²) in [5.41, 5.74) is 0.978. The van der Waals surface area contributed by atoms with E-state index in [-0.39, 0.29) is 17.7 Å². The SMILES string of the molecule is COc1cccc2c1C(CCC(=O)O)=CS2(=O)=O. The highest BCUT2D eigenvalue weighted by Gasteiger charge is 2.29. The van der Waals surface area contributed by atoms with Gasteiger partial charge in [-0.25, -0.2) is 8.42 Å². The van der Waals surface area contributed by atoms with Gasteiger partial charge in [-0.2, -0.15) is 0 Å². The fourth-order valence-corrected chi connectivity index (χ4v) is 3.49. The third-order valence-corrected chi connectivity index (χ3v) is 4.29. The van der Waals surface area contributed by atoms with Gasteiger partial charge in [0.25, 0.3) is 0 Å². The molecule has 0 spiro atoms. The van der Waals surface area contributed by atoms with Crippen LogP contribution in [0.2, 0.25) is 0 Å². The van der Waals surface area contributed by atoms with Crippen molar-refractivity contribution in [1.29, 1.82) is 0 Å². The van der Waals surface area contributed by atoms with Crippen LogP contribution in [0.15, 0.2) is 28.5 Å². The Morgan fingerprint density at radius 1 is 1.39 bits per heavy atom. The molecule has 5 nitrogen and oxygen atoms in total. The third kappa shape index (κ3) is 2.11. The van der Waals surface area contributed by atoms with Gasteiger partial charge in [-0.15, -0.1) is 0 Å². The van der Waals surface area contributed by atoms with E-state index in [1.54, 1.807) is 12.1 Å². The van der Waals surface area contributed by atoms with Crippen LogP contribution in [0.3, 0.4) is 0 Å². The van der Waals surface area contributed by atoms with E-state index in [2.05, 4.69) is 0 Å². The van der Waals surface area contributed by atoms with E-state index in [1.807, 2.05) is 0 Å². The predicted molar refractivity (Wildman–Crippen MR) is 65.0 cm³/mol. The lowest BCUT2D eigenvalue weighted by molar-refractivity contribution is -0.136. The van der Waals surface area contributed by atoms with E-state index in [0.717, 1.165) is 5.41 Å². The van der Waals surface area contributed by atoms with E-state index < -0.39 is 15.8 Å². The van der Waals surface area contributed by atoms with Crippen molar-refractivity contribution in [3.63, 3.8) is 0 Å². The summed E-state index contributed by atoms with van der Waals surface area (Å²) in [6.07, 6.45) is 0.0563. The van der Waals surface area contributed by atoms with E-state index in [9.17, 15) is 13.2 Å². The van der Waals surface area contributed by atoms with Gasteiger partial charge in [0.1, 0.15) is 5.75 Å². The maximum absolute atomic E-state index is 11.9. The maximum atomic E-state index is 11.9. The fraction of sp³-hybridized carbons (Fsp3) is 0.250. The minimum absolute atomic E-state index is 0.112. The molecule has 0 aliphatic carbocycles. The Bertz CT molecular complexity index is 628. The summed E-state index contributed by atoms with van der Waals surface area (Å²) in [6.45, 7) is 0. The Morgan fingerprint density at radius 3 is 2.72 bits per heavy atom. The molecule has 0 bridgehead atoms. The van der Waals surface area contributed by atoms with E-state index in [0.29, 0.717) is 16.9 Å². The molecule has 2 rings (SSSR count). The number of carboxylic acid groups (broad SMARTS) is 1. The molecule has 1 aromatic rings. The highest BCUT2D eigenvalue weighted by atomic mass is 32.2. The Hall–Kier alpha value is -1.82. The van der Waals surface area contributed by atoms with Crippen LogP contribution in [-0.4, -0.2) is 26.6 Å². The van der Waals surface area contributed by atoms with Crippen molar-refractivity contribution in [3.8, 4) is 5.75 Å². The molecule has 1 heterocycles. The highest BCUT2D eigenvalue weighted by Crippen LogP contribution is 2.41. The van der Waals surface area contributed by atoms with Gasteiger partial charge < -0.3 is 9.84 Å². The fourth-order valence-electron chi connectivity index (χ4n) is 1.97. The smallest absolute Gasteiger partial charge is 0.303 e. The van der Waals surface area contributed by atoms with Gasteiger partial charge in [0, 0.05) is 17.4 Å². The number of fused-ring (bicyclic) bond motifs is 1. The molecule has 0 saturated carbocycles. The van der Waals surface area contributed by atoms with Gasteiger partial charge in [-0.05, 0) is 24.1 Å². The molecule has 18 heavy (non-hydrogen) atoms. The molecule has 0 saturated heterocycles. The molecule has 96 valence electrons. The average molecular weight is 268 g/mol. The number of carboxylic acids is 1. The van der Waals surface area contributed by atoms with Gasteiger partial charge in [0.05, 0.1) is 12.0 Å². The van der Waals surface area contributed by atoms with Crippen LogP contribution in [-0.2, 0) is 14.6 Å². The quantitative estimate of drug-likeness (QED) is 0.898. The largest absolute Gasteiger partial charge is 0.496 e. The number of carbonyl (C=O) groups is 1. The van der Waals surface area contributed by atoms with Crippen molar-refractivity contribution in [2.75, 3.05) is 7.11 Å². The van der Waals surface area contributed by atoms with Gasteiger partial charge in [0.2, 0.25) is 9.84 Å². The summed E-state index contributed by atoms with van der Waals surface area (Å²) in [5.74, 6) is -0.512. The van der Waals surface area contributed by atoms with E-state index in [4.69, 9.17) is 9.84 Å². The molecule has 6 heteroatoms. The molecule has 1 N–H and O–H groups in total. The van der Waals surface area contributed by atoms with Gasteiger partial charge in [-0.3, -0.25) is 4.79 Å². The monoisotopic (exact) mass is 268 g/mol. The lowest BCUT2D eigenvalue weighted by atomic mass is 10.0. The number of sulfone groups is 1. The lowest BCUT2D eigenvalue weighted by Gasteiger charge is -2.09. The summed E-state index contributed by atoms with van der Waals surface area (Å²) in [7, 11) is -2.02. The van der Waals surface area contributed by atoms with Crippen molar-refractivity contribution in [3.05, 3.63) is 29.2 Å². The van der Waals surface area contributed by atoms with Gasteiger partial charge in [-0.1, -0.05) is 6.07 Å². The summed E-state index contributed by atoms with van der Waals surface area (Å²) in [5, 5.41) is 9.80. The summed E-state index contributed by atoms with van der Waals surface area (Å²) < 4.78 is 28.9. The number of aliphatic carboxylic acids is 1. The zero-order valence-corrected chi connectivity index (χ0v) is 10.5. The second-order valence-electron chi connectivity index (χ2n) is 3.92. The van der Waals surface area contributed by atoms with Crippen LogP contribution in [0.1, 0.15) is 18.4 Å². The average Bonchev–Trinajstić information content (AvgIpc) is 2.59. The van der Waals surface area contributed by atoms with Crippen LogP contribution in [0.4, 0.5) is 0 Å². The maximum Gasteiger partial charge on any atom is 0.303 e. The van der Waals surface area contributed by atoms with E-state index in [1.165, 1.54) is 13.2 Å². The Balaban J connectivity index is 2.51. The Labute approximate surface area is 105 Å². The van der Waals surface area contributed by atoms with Crippen molar-refractivity contribution >= 4 is 21.4 Å². The summed E-state index contributed by atoms with van der Waals surface area (Å²) in [6, 6.07) is 4.76.